The number of amides is 2. The largest absolute Gasteiger partial charge is 1.00 e. The van der Waals surface area contributed by atoms with Crippen molar-refractivity contribution >= 4 is 113 Å². The third kappa shape index (κ3) is 33.2. The monoisotopic (exact) mass is 1690 g/mol. The number of nitrogens with zero attached hydrogens (tertiary/aromatic N) is 5. The van der Waals surface area contributed by atoms with E-state index >= 15 is 0 Å². The van der Waals surface area contributed by atoms with Crippen molar-refractivity contribution in [1.82, 2.24) is 33.8 Å². The van der Waals surface area contributed by atoms with Crippen LogP contribution in [0.4, 0.5) is 0 Å². The van der Waals surface area contributed by atoms with E-state index in [2.05, 4.69) is 42.7 Å². The molecule has 650 valence electrons. The number of carboxylic acid groups (broad SMARTS) is 4. The predicted molar refractivity (Wildman–Crippen MR) is 416 cm³/mol. The zero-order valence-electron chi connectivity index (χ0n) is 70.9. The molecule has 2 amide bonds. The second-order valence-electron chi connectivity index (χ2n) is 27.2. The quantitative estimate of drug-likeness (QED) is 0.0105. The van der Waals surface area contributed by atoms with Gasteiger partial charge in [-0.3, -0.25) is 38.4 Å². The number of aliphatic carboxylic acids is 3. The van der Waals surface area contributed by atoms with E-state index in [0.29, 0.717) is 103 Å². The number of carbonyl (C=O) groups excluding carboxylic acids is 13. The van der Waals surface area contributed by atoms with E-state index in [1.807, 2.05) is 32.3 Å². The van der Waals surface area contributed by atoms with Gasteiger partial charge in [0.05, 0.1) is 76.7 Å². The summed E-state index contributed by atoms with van der Waals surface area (Å²) in [5.41, 5.74) is 8.02. The Labute approximate surface area is 719 Å². The summed E-state index contributed by atoms with van der Waals surface area (Å²) < 4.78 is 39.7. The molecule has 10 rings (SSSR count). The normalized spacial score (nSPS) is 14.5. The van der Waals surface area contributed by atoms with Gasteiger partial charge in [-0.25, -0.2) is 43.2 Å². The number of nitrogens with one attached hydrogen (secondary N) is 2. The average molecular weight is 1690 g/mol. The number of rotatable bonds is 16. The van der Waals surface area contributed by atoms with E-state index in [9.17, 15) is 76.7 Å². The summed E-state index contributed by atoms with van der Waals surface area (Å²) in [5, 5.41) is 37.4. The van der Waals surface area contributed by atoms with Gasteiger partial charge in [-0.15, -0.1) is 0 Å². The summed E-state index contributed by atoms with van der Waals surface area (Å²) in [6.07, 6.45) is 19.0. The molecular formula is C79H110ClLi2N7O30. The number of fused-ring (bicyclic) bond motifs is 4. The van der Waals surface area contributed by atoms with Gasteiger partial charge in [0.2, 0.25) is 6.41 Å². The van der Waals surface area contributed by atoms with E-state index in [1.54, 1.807) is 50.7 Å². The molecule has 8 N–H and O–H groups in total. The topological polar surface area (TPSA) is 543 Å². The van der Waals surface area contributed by atoms with Crippen LogP contribution in [-0.2, 0) is 133 Å². The van der Waals surface area contributed by atoms with Gasteiger partial charge in [0.25, 0.3) is 29.7 Å². The molecule has 0 aromatic carbocycles. The number of carbonyl (C=O) groups is 17. The van der Waals surface area contributed by atoms with Crippen LogP contribution in [0.2, 0.25) is 0 Å². The van der Waals surface area contributed by atoms with Gasteiger partial charge in [0.15, 0.2) is 0 Å². The number of Topliss-reactive ketones (excluding diaryl/α,β-unsaturated/α-hetero) is 3. The molecule has 37 nitrogen and oxygen atoms in total. The molecule has 6 aliphatic rings. The van der Waals surface area contributed by atoms with Gasteiger partial charge in [-0.05, 0) is 219 Å². The van der Waals surface area contributed by atoms with Crippen LogP contribution in [0.1, 0.15) is 249 Å². The average Bonchev–Trinajstić information content (AvgIpc) is 1.63. The summed E-state index contributed by atoms with van der Waals surface area (Å²) in [6.45, 7) is 21.6. The van der Waals surface area contributed by atoms with Crippen molar-refractivity contribution in [2.24, 2.45) is 0 Å². The molecule has 2 unspecified atom stereocenters. The Morgan fingerprint density at radius 3 is 1.24 bits per heavy atom. The van der Waals surface area contributed by atoms with Crippen molar-refractivity contribution in [2.45, 2.75) is 229 Å². The van der Waals surface area contributed by atoms with Crippen molar-refractivity contribution in [1.29, 1.82) is 0 Å². The fourth-order valence-electron chi connectivity index (χ4n) is 13.4. The van der Waals surface area contributed by atoms with Crippen LogP contribution >= 0.6 is 11.6 Å². The number of ether oxygens (including phenoxy) is 7. The number of methoxy groups -OCH3 is 5. The van der Waals surface area contributed by atoms with Crippen LogP contribution in [0, 0.1) is 39.5 Å². The maximum atomic E-state index is 12.7. The van der Waals surface area contributed by atoms with E-state index < -0.39 is 93.8 Å². The number of aryl methyl sites for hydroxylation is 2. The van der Waals surface area contributed by atoms with E-state index in [4.69, 9.17) is 60.5 Å². The molecule has 6 aliphatic heterocycles. The molecule has 10 heterocycles. The first kappa shape index (κ1) is 113. The molecule has 2 fully saturated rings. The summed E-state index contributed by atoms with van der Waals surface area (Å²) in [6, 6.07) is -0.861. The molecule has 4 aromatic rings. The van der Waals surface area contributed by atoms with Crippen molar-refractivity contribution < 1.29 is 184 Å². The Morgan fingerprint density at radius 1 is 0.529 bits per heavy atom. The zero-order valence-corrected chi connectivity index (χ0v) is 71.6. The molecule has 0 bridgehead atoms. The Kier molecular flexibility index (Phi) is 54.2. The number of halogens is 1. The van der Waals surface area contributed by atoms with Crippen LogP contribution < -0.4 is 48.4 Å². The van der Waals surface area contributed by atoms with Crippen molar-refractivity contribution in [3.63, 3.8) is 0 Å². The first-order valence-electron chi connectivity index (χ1n) is 37.3. The number of hydrogen-bond acceptors (Lipinski definition) is 27. The first-order chi connectivity index (χ1) is 54.4. The maximum absolute atomic E-state index is 12.7. The van der Waals surface area contributed by atoms with Gasteiger partial charge >= 0.3 is 103 Å². The third-order valence-corrected chi connectivity index (χ3v) is 18.6. The molecule has 40 heteroatoms. The number of likely N-dealkylation sites (tertiary alicyclic amines) is 1. The molecular weight excluding hydrogens is 1580 g/mol. The number of piperidine rings is 2. The van der Waals surface area contributed by atoms with Gasteiger partial charge < -0.3 is 98.3 Å². The van der Waals surface area contributed by atoms with Gasteiger partial charge in [-0.1, -0.05) is 12.3 Å². The first-order valence-corrected chi connectivity index (χ1v) is 37.7. The number of carboxylic acids is 3. The fraction of sp³-hybridized carbons (Fsp3) is 0.557. The van der Waals surface area contributed by atoms with E-state index in [-0.39, 0.29) is 91.8 Å². The molecule has 2 saturated heterocycles. The number of ketones is 3. The Balaban J connectivity index is -0.00000132. The standard InChI is InChI=1S/C17H24N2O4.C15H19NO5.C13H15NO5.C11H15NO2.C7H11NO3.C6H11NO2.C5H6O2.C4H5ClO3.CH2O2.2Li.2H2O/c1-10-12(16(22)23-5)11-8-6-7-9-19(11)13(10)14(20)15(21)18-17(2,3)4;1-4-21-15(19)13(17)12-9(2)11(14(18)20-3)10-7-5-6-8-16(10)12;1-7-9(13(18)19-2)8-5-3-4-6-14(8)10(7)11(15)12(16)17;1-8-7-12-6-4-3-5-9(12)10(8)11(13)14-2;9-5-8-4-2-1-3-6(8)7(10)11;8-6(9)5-3-1-2-4-7-5;1-3-4-5(6)7-2;1-2-8-4(7)3(5)6;2-1-3;;;;/h6-9H2,1-5H3,(H,18,21);4-8H2,1-3H3;3-6H2,1-2H3,(H,16,17);7H,3-6H2,1-2H3;5-6H,1-4H2,(H,10,11);5,7H,1-4H2,(H,8,9);1-2H3;2H2,1H3;1H,(H,2,3);;;2*1H2/q;;;;;;;;;2*+1;;/p-2. The third-order valence-electron chi connectivity index (χ3n) is 18.4. The smallest absolute Gasteiger partial charge is 0.870 e. The van der Waals surface area contributed by atoms with Crippen LogP contribution in [0.3, 0.4) is 0 Å². The molecule has 0 spiro atoms. The van der Waals surface area contributed by atoms with Gasteiger partial charge in [-0.2, -0.15) is 0 Å². The van der Waals surface area contributed by atoms with Crippen LogP contribution in [0.15, 0.2) is 6.20 Å². The molecule has 0 radical (unpaired) electrons. The molecule has 0 aliphatic carbocycles. The van der Waals surface area contributed by atoms with Crippen LogP contribution in [0.5, 0.6) is 0 Å². The minimum Gasteiger partial charge on any atom is -0.870 e. The fourth-order valence-corrected chi connectivity index (χ4v) is 13.5. The minimum atomic E-state index is -1.51. The van der Waals surface area contributed by atoms with Gasteiger partial charge in [0.1, 0.15) is 23.5 Å². The Hall–Kier alpha value is -10.2. The SMILES string of the molecule is CC#CC(=O)OC.CCOC(=O)C(=O)Cl.CCOC(=O)C(=O)c1c(C)c(C(=O)OC)c2n1CCCC2.COC(=O)c1c(C)c(C(=O)C(=O)NC(C)(C)C)n2c1CCCC2.COC(=O)c1c(C)c(C(=O)C(=O)O)n2c1CCCC2.COC(=O)c1c(C)cn2c1CCCC2.O=C(O)C1CCCCN1.O=CN1CCCCC1C(=O)O.O=CO.[Li+].[Li+].[OH-].[OH-]. The predicted octanol–water partition coefficient (Wildman–Crippen LogP) is 0.936. The summed E-state index contributed by atoms with van der Waals surface area (Å²) in [4.78, 5) is 190. The summed E-state index contributed by atoms with van der Waals surface area (Å²) in [7, 11) is 6.64. The van der Waals surface area contributed by atoms with Crippen LogP contribution in [-0.4, -0.2) is 235 Å². The van der Waals surface area contributed by atoms with E-state index in [0.717, 1.165) is 118 Å². The summed E-state index contributed by atoms with van der Waals surface area (Å²) >= 11 is 4.69. The second kappa shape index (κ2) is 57.1. The van der Waals surface area contributed by atoms with Crippen LogP contribution in [0.25, 0.3) is 0 Å². The van der Waals surface area contributed by atoms with E-state index in [1.165, 1.54) is 53.3 Å². The zero-order chi connectivity index (χ0) is 87.1. The number of hydrogen-bond donors (Lipinski definition) is 6. The number of aromatic nitrogens is 4. The second-order valence-corrected chi connectivity index (χ2v) is 27.5. The van der Waals surface area contributed by atoms with Gasteiger partial charge in [0, 0.05) is 73.2 Å². The minimum absolute atomic E-state index is 0. The maximum Gasteiger partial charge on any atom is 1.00 e. The molecule has 0 saturated carbocycles. The summed E-state index contributed by atoms with van der Waals surface area (Å²) in [5.74, 6) is -5.47. The van der Waals surface area contributed by atoms with Crippen molar-refractivity contribution in [2.75, 3.05) is 61.9 Å². The van der Waals surface area contributed by atoms with Crippen molar-refractivity contribution in [3.8, 4) is 11.8 Å². The molecule has 4 aromatic heterocycles. The molecule has 2 atom stereocenters. The van der Waals surface area contributed by atoms with Crippen molar-refractivity contribution in [3.05, 3.63) is 90.6 Å². The Bertz CT molecular complexity index is 4240. The Morgan fingerprint density at radius 2 is 0.916 bits per heavy atom. The molecule has 119 heavy (non-hydrogen) atoms. The number of esters is 7.